The lowest BCUT2D eigenvalue weighted by Gasteiger charge is -2.19. The Morgan fingerprint density at radius 1 is 1.04 bits per heavy atom. The molecule has 140 valence electrons. The van der Waals surface area contributed by atoms with Crippen molar-refractivity contribution in [1.82, 2.24) is 0 Å². The van der Waals surface area contributed by atoms with Crippen LogP contribution in [-0.4, -0.2) is 31.4 Å². The molecule has 0 radical (unpaired) electrons. The Bertz CT molecular complexity index is 895. The van der Waals surface area contributed by atoms with Crippen molar-refractivity contribution in [3.63, 3.8) is 0 Å². The number of methoxy groups -OCH3 is 1. The van der Waals surface area contributed by atoms with Crippen molar-refractivity contribution in [3.05, 3.63) is 48.0 Å². The van der Waals surface area contributed by atoms with E-state index in [9.17, 15) is 14.4 Å². The minimum Gasteiger partial charge on any atom is -0.497 e. The van der Waals surface area contributed by atoms with Crippen molar-refractivity contribution in [3.8, 4) is 5.75 Å². The summed E-state index contributed by atoms with van der Waals surface area (Å²) in [6.45, 7) is 2.57. The molecule has 0 aromatic heterocycles. The average molecular weight is 367 g/mol. The van der Waals surface area contributed by atoms with Crippen LogP contribution in [0.25, 0.3) is 0 Å². The lowest BCUT2D eigenvalue weighted by Crippen LogP contribution is -2.29. The molecule has 1 aliphatic rings. The molecule has 0 saturated carbocycles. The summed E-state index contributed by atoms with van der Waals surface area (Å²) in [4.78, 5) is 37.9. The van der Waals surface area contributed by atoms with Gasteiger partial charge in [0.2, 0.25) is 5.91 Å². The number of rotatable bonds is 4. The minimum atomic E-state index is -0.778. The van der Waals surface area contributed by atoms with Gasteiger partial charge in [-0.3, -0.25) is 14.4 Å². The Hall–Kier alpha value is -3.35. The molecule has 1 aliphatic heterocycles. The van der Waals surface area contributed by atoms with Crippen molar-refractivity contribution in [2.45, 2.75) is 19.8 Å². The molecular weight excluding hydrogens is 346 g/mol. The van der Waals surface area contributed by atoms with E-state index in [1.54, 1.807) is 47.4 Å². The van der Waals surface area contributed by atoms with Gasteiger partial charge in [0.15, 0.2) is 0 Å². The molecule has 3 rings (SSSR count). The van der Waals surface area contributed by atoms with Crippen molar-refractivity contribution in [2.24, 2.45) is 0 Å². The number of hydrogen-bond donors (Lipinski definition) is 2. The highest BCUT2D eigenvalue weighted by Crippen LogP contribution is 2.27. The molecule has 2 aromatic carbocycles. The molecule has 0 atom stereocenters. The highest BCUT2D eigenvalue weighted by atomic mass is 16.5. The van der Waals surface area contributed by atoms with Crippen LogP contribution in [0.4, 0.5) is 17.1 Å². The van der Waals surface area contributed by atoms with Gasteiger partial charge in [0.25, 0.3) is 0 Å². The van der Waals surface area contributed by atoms with Gasteiger partial charge < -0.3 is 20.3 Å². The Labute approximate surface area is 157 Å². The van der Waals surface area contributed by atoms with Crippen molar-refractivity contribution in [1.29, 1.82) is 0 Å². The molecule has 2 aromatic rings. The lowest BCUT2D eigenvalue weighted by atomic mass is 10.1. The fourth-order valence-electron chi connectivity index (χ4n) is 3.02. The van der Waals surface area contributed by atoms with Gasteiger partial charge in [-0.1, -0.05) is 6.07 Å². The Balaban J connectivity index is 1.65. The average Bonchev–Trinajstić information content (AvgIpc) is 3.07. The molecule has 1 heterocycles. The van der Waals surface area contributed by atoms with Crippen molar-refractivity contribution < 1.29 is 19.1 Å². The topological polar surface area (TPSA) is 87.7 Å². The first-order valence-electron chi connectivity index (χ1n) is 8.65. The van der Waals surface area contributed by atoms with Crippen LogP contribution >= 0.6 is 0 Å². The maximum Gasteiger partial charge on any atom is 0.314 e. The molecule has 0 aliphatic carbocycles. The van der Waals surface area contributed by atoms with E-state index in [-0.39, 0.29) is 5.91 Å². The predicted octanol–water partition coefficient (Wildman–Crippen LogP) is 2.71. The van der Waals surface area contributed by atoms with Crippen LogP contribution in [0.15, 0.2) is 42.5 Å². The number of aryl methyl sites for hydroxylation is 1. The number of carbonyl (C=O) groups is 3. The quantitative estimate of drug-likeness (QED) is 0.814. The van der Waals surface area contributed by atoms with E-state index < -0.39 is 11.8 Å². The van der Waals surface area contributed by atoms with Crippen LogP contribution in [0.1, 0.15) is 18.4 Å². The van der Waals surface area contributed by atoms with E-state index in [4.69, 9.17) is 4.74 Å². The zero-order valence-electron chi connectivity index (χ0n) is 15.2. The standard InChI is InChI=1S/C20H21N3O4/c1-13-11-15(8-9-17(13)23-10-4-7-18(23)24)22-20(26)19(25)21-14-5-3-6-16(12-14)27-2/h3,5-6,8-9,11-12H,4,7,10H2,1-2H3,(H,21,25)(H,22,26). The second-order valence-electron chi connectivity index (χ2n) is 6.29. The number of carbonyl (C=O) groups excluding carboxylic acids is 3. The number of benzene rings is 2. The summed E-state index contributed by atoms with van der Waals surface area (Å²) in [6.07, 6.45) is 1.41. The summed E-state index contributed by atoms with van der Waals surface area (Å²) in [6, 6.07) is 12.0. The largest absolute Gasteiger partial charge is 0.497 e. The summed E-state index contributed by atoms with van der Waals surface area (Å²) in [5, 5.41) is 5.10. The number of anilines is 3. The van der Waals surface area contributed by atoms with Crippen LogP contribution in [0.2, 0.25) is 0 Å². The van der Waals surface area contributed by atoms with E-state index in [0.717, 1.165) is 17.7 Å². The first-order chi connectivity index (χ1) is 13.0. The second-order valence-corrected chi connectivity index (χ2v) is 6.29. The van der Waals surface area contributed by atoms with E-state index in [2.05, 4.69) is 10.6 Å². The number of nitrogens with one attached hydrogen (secondary N) is 2. The number of hydrogen-bond acceptors (Lipinski definition) is 4. The molecule has 27 heavy (non-hydrogen) atoms. The second kappa shape index (κ2) is 7.90. The fraction of sp³-hybridized carbons (Fsp3) is 0.250. The molecule has 7 nitrogen and oxygen atoms in total. The van der Waals surface area contributed by atoms with Gasteiger partial charge in [-0.05, 0) is 49.2 Å². The number of ether oxygens (including phenoxy) is 1. The van der Waals surface area contributed by atoms with Gasteiger partial charge in [0, 0.05) is 36.1 Å². The zero-order chi connectivity index (χ0) is 19.4. The highest BCUT2D eigenvalue weighted by molar-refractivity contribution is 6.43. The van der Waals surface area contributed by atoms with Gasteiger partial charge in [-0.15, -0.1) is 0 Å². The van der Waals surface area contributed by atoms with Gasteiger partial charge in [0.05, 0.1) is 7.11 Å². The molecule has 1 saturated heterocycles. The van der Waals surface area contributed by atoms with Gasteiger partial charge in [-0.2, -0.15) is 0 Å². The third kappa shape index (κ3) is 4.25. The maximum absolute atomic E-state index is 12.2. The molecule has 0 unspecified atom stereocenters. The molecule has 2 N–H and O–H groups in total. The van der Waals surface area contributed by atoms with E-state index in [1.165, 1.54) is 7.11 Å². The van der Waals surface area contributed by atoms with Crippen molar-refractivity contribution in [2.75, 3.05) is 29.2 Å². The Morgan fingerprint density at radius 3 is 2.33 bits per heavy atom. The molecule has 0 spiro atoms. The molecular formula is C20H21N3O4. The lowest BCUT2D eigenvalue weighted by molar-refractivity contribution is -0.132. The van der Waals surface area contributed by atoms with Crippen LogP contribution in [-0.2, 0) is 14.4 Å². The van der Waals surface area contributed by atoms with E-state index in [0.29, 0.717) is 30.1 Å². The Morgan fingerprint density at radius 2 is 1.74 bits per heavy atom. The summed E-state index contributed by atoms with van der Waals surface area (Å²) in [7, 11) is 1.52. The highest BCUT2D eigenvalue weighted by Gasteiger charge is 2.23. The molecule has 7 heteroatoms. The first kappa shape index (κ1) is 18.4. The Kier molecular flexibility index (Phi) is 5.40. The predicted molar refractivity (Wildman–Crippen MR) is 103 cm³/mol. The third-order valence-electron chi connectivity index (χ3n) is 4.35. The summed E-state index contributed by atoms with van der Waals surface area (Å²) in [5.74, 6) is -0.870. The number of amides is 3. The SMILES string of the molecule is COc1cccc(NC(=O)C(=O)Nc2ccc(N3CCCC3=O)c(C)c2)c1. The van der Waals surface area contributed by atoms with Crippen LogP contribution in [0.5, 0.6) is 5.75 Å². The molecule has 0 bridgehead atoms. The van der Waals surface area contributed by atoms with Gasteiger partial charge >= 0.3 is 11.8 Å². The summed E-state index contributed by atoms with van der Waals surface area (Å²) in [5.41, 5.74) is 2.65. The number of nitrogens with zero attached hydrogens (tertiary/aromatic N) is 1. The summed E-state index contributed by atoms with van der Waals surface area (Å²) < 4.78 is 5.09. The van der Waals surface area contributed by atoms with E-state index in [1.807, 2.05) is 6.92 Å². The zero-order valence-corrected chi connectivity index (χ0v) is 15.2. The van der Waals surface area contributed by atoms with Gasteiger partial charge in [-0.25, -0.2) is 0 Å². The van der Waals surface area contributed by atoms with Crippen LogP contribution < -0.4 is 20.3 Å². The smallest absolute Gasteiger partial charge is 0.314 e. The van der Waals surface area contributed by atoms with Gasteiger partial charge in [0.1, 0.15) is 5.75 Å². The van der Waals surface area contributed by atoms with Crippen LogP contribution in [0, 0.1) is 6.92 Å². The molecule has 1 fully saturated rings. The fourth-order valence-corrected chi connectivity index (χ4v) is 3.02. The molecule has 3 amide bonds. The first-order valence-corrected chi connectivity index (χ1v) is 8.65. The normalized spacial score (nSPS) is 13.4. The third-order valence-corrected chi connectivity index (χ3v) is 4.35. The van der Waals surface area contributed by atoms with Crippen molar-refractivity contribution >= 4 is 34.8 Å². The monoisotopic (exact) mass is 367 g/mol. The van der Waals surface area contributed by atoms with E-state index >= 15 is 0 Å². The van der Waals surface area contributed by atoms with Crippen LogP contribution in [0.3, 0.4) is 0 Å². The summed E-state index contributed by atoms with van der Waals surface area (Å²) >= 11 is 0. The maximum atomic E-state index is 12.2. The minimum absolute atomic E-state index is 0.104.